The second kappa shape index (κ2) is 5.48. The second-order valence-electron chi connectivity index (χ2n) is 6.73. The molecule has 1 aromatic rings. The molecular formula is C14H21Cl3OSi. The van der Waals surface area contributed by atoms with Gasteiger partial charge in [0.15, 0.2) is 0 Å². The van der Waals surface area contributed by atoms with Gasteiger partial charge in [0.05, 0.1) is 0 Å². The van der Waals surface area contributed by atoms with Gasteiger partial charge in [0.25, 0.3) is 0 Å². The van der Waals surface area contributed by atoms with Crippen molar-refractivity contribution in [2.75, 3.05) is 0 Å². The molecule has 1 aromatic carbocycles. The molecule has 0 aliphatic rings. The zero-order chi connectivity index (χ0) is 15.1. The second-order valence-corrected chi connectivity index (χ2v) is 14.4. The molecule has 0 saturated heterocycles. The lowest BCUT2D eigenvalue weighted by Gasteiger charge is -2.30. The molecule has 0 heterocycles. The largest absolute Gasteiger partial charge is 0.555 e. The van der Waals surface area contributed by atoms with Crippen molar-refractivity contribution >= 4 is 39.5 Å². The van der Waals surface area contributed by atoms with Crippen LogP contribution in [0, 0.1) is 0 Å². The Kier molecular flexibility index (Phi) is 4.95. The molecule has 1 nitrogen and oxygen atoms in total. The summed E-state index contributed by atoms with van der Waals surface area (Å²) in [5.74, 6) is 0.731. The lowest BCUT2D eigenvalue weighted by atomic mass is 9.80. The average Bonchev–Trinajstić information content (AvgIpc) is 2.11. The first-order valence-corrected chi connectivity index (χ1v) is 11.2. The van der Waals surface area contributed by atoms with Gasteiger partial charge in [-0.25, -0.2) is 0 Å². The maximum Gasteiger partial charge on any atom is 0.555 e. The fourth-order valence-corrected chi connectivity index (χ4v) is 3.09. The third kappa shape index (κ3) is 4.85. The minimum atomic E-state index is -3.20. The van der Waals surface area contributed by atoms with Gasteiger partial charge in [-0.15, -0.1) is 0 Å². The first kappa shape index (κ1) is 17.2. The Labute approximate surface area is 131 Å². The molecule has 0 aromatic heterocycles. The molecular weight excluding hydrogens is 319 g/mol. The molecule has 108 valence electrons. The lowest BCUT2D eigenvalue weighted by molar-refractivity contribution is 0.493. The van der Waals surface area contributed by atoms with Crippen LogP contribution in [0.15, 0.2) is 18.2 Å². The topological polar surface area (TPSA) is 9.23 Å². The minimum absolute atomic E-state index is 0.0685. The van der Waals surface area contributed by atoms with Crippen LogP contribution in [0.4, 0.5) is 0 Å². The van der Waals surface area contributed by atoms with E-state index in [-0.39, 0.29) is 10.8 Å². The third-order valence-corrected chi connectivity index (χ3v) is 3.98. The summed E-state index contributed by atoms with van der Waals surface area (Å²) in [7, 11) is 0. The molecule has 0 amide bonds. The predicted molar refractivity (Wildman–Crippen MR) is 87.8 cm³/mol. The molecule has 0 aliphatic carbocycles. The average molecular weight is 340 g/mol. The van der Waals surface area contributed by atoms with Crippen molar-refractivity contribution in [2.45, 2.75) is 52.4 Å². The number of rotatable bonds is 2. The quantitative estimate of drug-likeness (QED) is 0.488. The van der Waals surface area contributed by atoms with E-state index in [1.54, 1.807) is 0 Å². The Bertz CT molecular complexity index is 421. The number of benzene rings is 1. The Hall–Kier alpha value is 0.107. The summed E-state index contributed by atoms with van der Waals surface area (Å²) in [6, 6.07) is 6.11. The first-order chi connectivity index (χ1) is 8.32. The summed E-state index contributed by atoms with van der Waals surface area (Å²) in [4.78, 5) is 0. The van der Waals surface area contributed by atoms with Gasteiger partial charge in [0.2, 0.25) is 0 Å². The third-order valence-electron chi connectivity index (χ3n) is 2.85. The van der Waals surface area contributed by atoms with Gasteiger partial charge >= 0.3 is 6.25 Å². The van der Waals surface area contributed by atoms with E-state index >= 15 is 0 Å². The van der Waals surface area contributed by atoms with Gasteiger partial charge in [-0.3, -0.25) is 0 Å². The molecule has 0 unspecified atom stereocenters. The summed E-state index contributed by atoms with van der Waals surface area (Å²) in [6.07, 6.45) is -3.20. The summed E-state index contributed by atoms with van der Waals surface area (Å²) in [6.45, 7) is 12.8. The van der Waals surface area contributed by atoms with Crippen LogP contribution in [0.25, 0.3) is 0 Å². The highest BCUT2D eigenvalue weighted by atomic mass is 35.8. The van der Waals surface area contributed by atoms with Gasteiger partial charge in [-0.1, -0.05) is 93.0 Å². The smallest absolute Gasteiger partial charge is 0.507 e. The molecule has 0 saturated carbocycles. The van der Waals surface area contributed by atoms with E-state index in [1.807, 2.05) is 18.2 Å². The van der Waals surface area contributed by atoms with Crippen molar-refractivity contribution in [3.8, 4) is 5.75 Å². The standard InChI is InChI=1S/C14H21Cl3OSi/c1-13(2,3)10-8-7-9-11(14(4,5)6)12(10)18-19(15,16)17/h7-9H,1-6H3. The summed E-state index contributed by atoms with van der Waals surface area (Å²) < 4.78 is 5.75. The molecule has 0 spiro atoms. The van der Waals surface area contributed by atoms with Crippen LogP contribution in [0.1, 0.15) is 52.7 Å². The van der Waals surface area contributed by atoms with Gasteiger partial charge in [-0.05, 0) is 22.0 Å². The van der Waals surface area contributed by atoms with E-state index in [0.717, 1.165) is 16.9 Å². The summed E-state index contributed by atoms with van der Waals surface area (Å²) >= 11 is 17.9. The summed E-state index contributed by atoms with van der Waals surface area (Å²) in [5, 5.41) is 0. The molecule has 19 heavy (non-hydrogen) atoms. The van der Waals surface area contributed by atoms with Crippen LogP contribution in [0.5, 0.6) is 5.75 Å². The zero-order valence-electron chi connectivity index (χ0n) is 12.3. The molecule has 0 bridgehead atoms. The molecule has 0 N–H and O–H groups in total. The predicted octanol–water partition coefficient (Wildman–Crippen LogP) is 5.81. The highest BCUT2D eigenvalue weighted by Crippen LogP contribution is 2.42. The number of hydrogen-bond donors (Lipinski definition) is 0. The molecule has 0 aliphatic heterocycles. The van der Waals surface area contributed by atoms with Crippen molar-refractivity contribution in [3.05, 3.63) is 29.3 Å². The van der Waals surface area contributed by atoms with Crippen LogP contribution >= 0.6 is 33.2 Å². The Morgan fingerprint density at radius 2 is 1.21 bits per heavy atom. The Balaban J connectivity index is 3.51. The van der Waals surface area contributed by atoms with E-state index in [4.69, 9.17) is 37.7 Å². The molecule has 5 heteroatoms. The van der Waals surface area contributed by atoms with E-state index in [0.29, 0.717) is 0 Å². The van der Waals surface area contributed by atoms with Gasteiger partial charge in [0, 0.05) is 0 Å². The van der Waals surface area contributed by atoms with Gasteiger partial charge in [-0.2, -0.15) is 0 Å². The van der Waals surface area contributed by atoms with Crippen LogP contribution in [-0.2, 0) is 10.8 Å². The SMILES string of the molecule is CC(C)(C)c1cccc(C(C)(C)C)c1O[Si](Cl)(Cl)Cl. The lowest BCUT2D eigenvalue weighted by Crippen LogP contribution is -2.26. The first-order valence-electron chi connectivity index (χ1n) is 6.22. The van der Waals surface area contributed by atoms with Crippen molar-refractivity contribution in [3.63, 3.8) is 0 Å². The number of para-hydroxylation sites is 1. The number of hydrogen-bond acceptors (Lipinski definition) is 1. The minimum Gasteiger partial charge on any atom is -0.507 e. The van der Waals surface area contributed by atoms with Gasteiger partial charge < -0.3 is 4.43 Å². The highest BCUT2D eigenvalue weighted by Gasteiger charge is 2.35. The molecule has 0 fully saturated rings. The van der Waals surface area contributed by atoms with Crippen molar-refractivity contribution in [1.82, 2.24) is 0 Å². The Morgan fingerprint density at radius 1 is 0.842 bits per heavy atom. The molecule has 1 rings (SSSR count). The van der Waals surface area contributed by atoms with Crippen LogP contribution in [0.3, 0.4) is 0 Å². The maximum atomic E-state index is 5.96. The fraction of sp³-hybridized carbons (Fsp3) is 0.571. The van der Waals surface area contributed by atoms with Crippen molar-refractivity contribution in [1.29, 1.82) is 0 Å². The molecule has 0 atom stereocenters. The van der Waals surface area contributed by atoms with E-state index in [9.17, 15) is 0 Å². The van der Waals surface area contributed by atoms with E-state index < -0.39 is 6.25 Å². The van der Waals surface area contributed by atoms with Crippen molar-refractivity contribution < 1.29 is 4.43 Å². The fourth-order valence-electron chi connectivity index (χ4n) is 1.94. The Morgan fingerprint density at radius 3 is 1.47 bits per heavy atom. The maximum absolute atomic E-state index is 5.96. The van der Waals surface area contributed by atoms with E-state index in [2.05, 4.69) is 41.5 Å². The normalized spacial score (nSPS) is 13.5. The van der Waals surface area contributed by atoms with Crippen LogP contribution in [-0.4, -0.2) is 6.25 Å². The molecule has 0 radical (unpaired) electrons. The van der Waals surface area contributed by atoms with E-state index in [1.165, 1.54) is 0 Å². The van der Waals surface area contributed by atoms with Gasteiger partial charge in [0.1, 0.15) is 5.75 Å². The van der Waals surface area contributed by atoms with Crippen LogP contribution < -0.4 is 4.43 Å². The van der Waals surface area contributed by atoms with Crippen LogP contribution in [0.2, 0.25) is 0 Å². The monoisotopic (exact) mass is 338 g/mol. The zero-order valence-corrected chi connectivity index (χ0v) is 15.5. The highest BCUT2D eigenvalue weighted by molar-refractivity contribution is 7.62. The number of halogens is 3. The van der Waals surface area contributed by atoms with Crippen molar-refractivity contribution in [2.24, 2.45) is 0 Å². The summed E-state index contributed by atoms with van der Waals surface area (Å²) in [5.41, 5.74) is 2.00.